The van der Waals surface area contributed by atoms with Gasteiger partial charge in [0.15, 0.2) is 11.6 Å². The van der Waals surface area contributed by atoms with Crippen LogP contribution >= 0.6 is 0 Å². The molecule has 2 N–H and O–H groups in total. The number of hydrogen-bond donors (Lipinski definition) is 2. The second kappa shape index (κ2) is 10.0. The third-order valence-electron chi connectivity index (χ3n) is 4.24. The fraction of sp³-hybridized carbons (Fsp3) is 0.136. The van der Waals surface area contributed by atoms with E-state index in [1.54, 1.807) is 24.3 Å². The van der Waals surface area contributed by atoms with Gasteiger partial charge in [-0.2, -0.15) is 0 Å². The molecule has 0 spiro atoms. The monoisotopic (exact) mass is 446 g/mol. The quantitative estimate of drug-likeness (QED) is 0.487. The molecule has 0 radical (unpaired) electrons. The normalized spacial score (nSPS) is 11.0. The summed E-state index contributed by atoms with van der Waals surface area (Å²) >= 11 is 0. The van der Waals surface area contributed by atoms with Gasteiger partial charge in [-0.3, -0.25) is 9.52 Å². The highest BCUT2D eigenvalue weighted by molar-refractivity contribution is 7.92. The fourth-order valence-corrected chi connectivity index (χ4v) is 3.78. The number of carbonyl (C=O) groups is 1. The number of anilines is 1. The van der Waals surface area contributed by atoms with E-state index < -0.39 is 27.6 Å². The van der Waals surface area contributed by atoms with Crippen LogP contribution in [0.5, 0.6) is 5.75 Å². The maximum atomic E-state index is 13.5. The van der Waals surface area contributed by atoms with Crippen molar-refractivity contribution in [1.82, 2.24) is 5.32 Å². The number of ether oxygens (including phenoxy) is 1. The number of nitrogens with one attached hydrogen (secondary N) is 2. The highest BCUT2D eigenvalue weighted by atomic mass is 32.2. The third-order valence-corrected chi connectivity index (χ3v) is 5.62. The van der Waals surface area contributed by atoms with E-state index in [9.17, 15) is 22.0 Å². The van der Waals surface area contributed by atoms with Crippen molar-refractivity contribution in [3.8, 4) is 5.75 Å². The van der Waals surface area contributed by atoms with E-state index in [0.717, 1.165) is 24.3 Å². The molecule has 6 nitrogen and oxygen atoms in total. The summed E-state index contributed by atoms with van der Waals surface area (Å²) in [5, 5.41) is 2.68. The Hall–Kier alpha value is -3.46. The van der Waals surface area contributed by atoms with Gasteiger partial charge in [0.1, 0.15) is 5.82 Å². The van der Waals surface area contributed by atoms with Gasteiger partial charge in [0.25, 0.3) is 15.9 Å². The number of benzene rings is 3. The Morgan fingerprint density at radius 3 is 2.32 bits per heavy atom. The van der Waals surface area contributed by atoms with Crippen LogP contribution in [-0.4, -0.2) is 27.5 Å². The van der Waals surface area contributed by atoms with Crippen LogP contribution in [0.25, 0.3) is 0 Å². The first-order valence-corrected chi connectivity index (χ1v) is 10.9. The van der Waals surface area contributed by atoms with Crippen LogP contribution in [0.15, 0.2) is 77.7 Å². The van der Waals surface area contributed by atoms with Crippen molar-refractivity contribution in [2.24, 2.45) is 0 Å². The zero-order valence-corrected chi connectivity index (χ0v) is 17.2. The van der Waals surface area contributed by atoms with Gasteiger partial charge in [-0.25, -0.2) is 17.2 Å². The molecule has 0 bridgehead atoms. The first-order chi connectivity index (χ1) is 14.9. The molecule has 0 fully saturated rings. The molecule has 0 aliphatic heterocycles. The molecule has 162 valence electrons. The zero-order valence-electron chi connectivity index (χ0n) is 16.3. The van der Waals surface area contributed by atoms with E-state index in [1.807, 2.05) is 0 Å². The maximum absolute atomic E-state index is 13.5. The second-order valence-electron chi connectivity index (χ2n) is 6.49. The third kappa shape index (κ3) is 6.02. The van der Waals surface area contributed by atoms with Crippen molar-refractivity contribution < 1.29 is 26.7 Å². The van der Waals surface area contributed by atoms with Crippen molar-refractivity contribution in [2.45, 2.75) is 11.3 Å². The lowest BCUT2D eigenvalue weighted by Gasteiger charge is -2.13. The van der Waals surface area contributed by atoms with E-state index in [0.29, 0.717) is 6.42 Å². The van der Waals surface area contributed by atoms with Gasteiger partial charge in [-0.05, 0) is 55.0 Å². The number of hydrogen-bond acceptors (Lipinski definition) is 4. The van der Waals surface area contributed by atoms with Gasteiger partial charge in [0.2, 0.25) is 0 Å². The highest BCUT2D eigenvalue weighted by Crippen LogP contribution is 2.20. The summed E-state index contributed by atoms with van der Waals surface area (Å²) in [7, 11) is -4.00. The van der Waals surface area contributed by atoms with Gasteiger partial charge >= 0.3 is 0 Å². The standard InChI is InChI=1S/C22H20F2N2O4S/c23-16-10-12-17(13-11-16)31(28,29)26-20-8-3-1-6-18(20)22(27)25-14-5-15-30-21-9-4-2-7-19(21)24/h1-4,6-13,26H,5,14-15H2,(H,25,27). The average molecular weight is 446 g/mol. The molecule has 3 aromatic carbocycles. The molecular weight excluding hydrogens is 426 g/mol. The molecule has 0 atom stereocenters. The lowest BCUT2D eigenvalue weighted by molar-refractivity contribution is 0.0952. The van der Waals surface area contributed by atoms with E-state index in [-0.39, 0.29) is 35.0 Å². The lowest BCUT2D eigenvalue weighted by atomic mass is 10.1. The van der Waals surface area contributed by atoms with Gasteiger partial charge in [0.05, 0.1) is 22.8 Å². The van der Waals surface area contributed by atoms with Gasteiger partial charge in [0, 0.05) is 6.54 Å². The minimum atomic E-state index is -4.00. The van der Waals surface area contributed by atoms with E-state index >= 15 is 0 Å². The van der Waals surface area contributed by atoms with Crippen LogP contribution < -0.4 is 14.8 Å². The molecule has 3 rings (SSSR count). The first kappa shape index (κ1) is 22.2. The van der Waals surface area contributed by atoms with Crippen LogP contribution in [0, 0.1) is 11.6 Å². The van der Waals surface area contributed by atoms with Crippen molar-refractivity contribution in [2.75, 3.05) is 17.9 Å². The van der Waals surface area contributed by atoms with Crippen molar-refractivity contribution >= 4 is 21.6 Å². The number of halogens is 2. The average Bonchev–Trinajstić information content (AvgIpc) is 2.75. The summed E-state index contributed by atoms with van der Waals surface area (Å²) in [6.45, 7) is 0.437. The Morgan fingerprint density at radius 2 is 1.58 bits per heavy atom. The first-order valence-electron chi connectivity index (χ1n) is 9.40. The molecule has 1 amide bonds. The summed E-state index contributed by atoms with van der Waals surface area (Å²) in [5.74, 6) is -1.37. The molecule has 0 unspecified atom stereocenters. The molecule has 0 saturated heterocycles. The molecule has 31 heavy (non-hydrogen) atoms. The second-order valence-corrected chi connectivity index (χ2v) is 8.18. The maximum Gasteiger partial charge on any atom is 0.261 e. The Labute approximate surface area is 178 Å². The molecule has 9 heteroatoms. The van der Waals surface area contributed by atoms with Crippen molar-refractivity contribution in [3.63, 3.8) is 0 Å². The SMILES string of the molecule is O=C(NCCCOc1ccccc1F)c1ccccc1NS(=O)(=O)c1ccc(F)cc1. The molecule has 3 aromatic rings. The molecule has 0 saturated carbocycles. The Balaban J connectivity index is 1.58. The molecule has 0 aliphatic carbocycles. The van der Waals surface area contributed by atoms with E-state index in [1.165, 1.54) is 24.3 Å². The molecule has 0 heterocycles. The van der Waals surface area contributed by atoms with Gasteiger partial charge in [-0.1, -0.05) is 24.3 Å². The van der Waals surface area contributed by atoms with E-state index in [2.05, 4.69) is 10.0 Å². The minimum absolute atomic E-state index is 0.0898. The Morgan fingerprint density at radius 1 is 0.903 bits per heavy atom. The predicted molar refractivity (Wildman–Crippen MR) is 112 cm³/mol. The number of sulfonamides is 1. The Bertz CT molecular complexity index is 1150. The van der Waals surface area contributed by atoms with Crippen LogP contribution in [0.3, 0.4) is 0 Å². The Kier molecular flexibility index (Phi) is 7.19. The number of rotatable bonds is 9. The van der Waals surface area contributed by atoms with Crippen LogP contribution in [0.1, 0.15) is 16.8 Å². The number of para-hydroxylation sites is 2. The summed E-state index contributed by atoms with van der Waals surface area (Å²) in [4.78, 5) is 12.4. The topological polar surface area (TPSA) is 84.5 Å². The largest absolute Gasteiger partial charge is 0.490 e. The highest BCUT2D eigenvalue weighted by Gasteiger charge is 2.18. The van der Waals surface area contributed by atoms with Crippen molar-refractivity contribution in [3.05, 3.63) is 90.0 Å². The number of carbonyl (C=O) groups excluding carboxylic acids is 1. The minimum Gasteiger partial charge on any atom is -0.490 e. The summed E-state index contributed by atoms with van der Waals surface area (Å²) in [6, 6.07) is 16.5. The fourth-order valence-electron chi connectivity index (χ4n) is 2.70. The molecular formula is C22H20F2N2O4S. The molecule has 0 aromatic heterocycles. The smallest absolute Gasteiger partial charge is 0.261 e. The summed E-state index contributed by atoms with van der Waals surface area (Å²) in [5.41, 5.74) is 0.218. The van der Waals surface area contributed by atoms with E-state index in [4.69, 9.17) is 4.74 Å². The van der Waals surface area contributed by atoms with Crippen LogP contribution in [-0.2, 0) is 10.0 Å². The van der Waals surface area contributed by atoms with Crippen molar-refractivity contribution in [1.29, 1.82) is 0 Å². The molecule has 0 aliphatic rings. The van der Waals surface area contributed by atoms with Crippen LogP contribution in [0.2, 0.25) is 0 Å². The van der Waals surface area contributed by atoms with Gasteiger partial charge < -0.3 is 10.1 Å². The van der Waals surface area contributed by atoms with Crippen LogP contribution in [0.4, 0.5) is 14.5 Å². The van der Waals surface area contributed by atoms with Gasteiger partial charge in [-0.15, -0.1) is 0 Å². The lowest BCUT2D eigenvalue weighted by Crippen LogP contribution is -2.27. The summed E-state index contributed by atoms with van der Waals surface area (Å²) in [6.07, 6.45) is 0.420. The number of amides is 1. The zero-order chi connectivity index (χ0) is 22.3. The summed E-state index contributed by atoms with van der Waals surface area (Å²) < 4.78 is 59.3. The predicted octanol–water partition coefficient (Wildman–Crippen LogP) is 3.96.